The van der Waals surface area contributed by atoms with E-state index in [1.807, 2.05) is 13.0 Å². The maximum absolute atomic E-state index is 8.83. The first-order valence-electron chi connectivity index (χ1n) is 7.62. The highest BCUT2D eigenvalue weighted by Crippen LogP contribution is 2.29. The van der Waals surface area contributed by atoms with Crippen molar-refractivity contribution in [1.29, 1.82) is 0 Å². The molecule has 0 bridgehead atoms. The van der Waals surface area contributed by atoms with Gasteiger partial charge < -0.3 is 14.7 Å². The zero-order chi connectivity index (χ0) is 14.7. The zero-order valence-electron chi connectivity index (χ0n) is 12.5. The molecule has 0 spiro atoms. The maximum Gasteiger partial charge on any atom is 0.0726 e. The molecule has 4 heteroatoms. The van der Waals surface area contributed by atoms with Crippen molar-refractivity contribution in [3.8, 4) is 0 Å². The van der Waals surface area contributed by atoms with E-state index >= 15 is 0 Å². The van der Waals surface area contributed by atoms with Crippen LogP contribution in [-0.2, 0) is 4.74 Å². The van der Waals surface area contributed by atoms with E-state index in [-0.39, 0.29) is 12.7 Å². The van der Waals surface area contributed by atoms with Gasteiger partial charge in [0.15, 0.2) is 0 Å². The van der Waals surface area contributed by atoms with E-state index in [2.05, 4.69) is 34.1 Å². The van der Waals surface area contributed by atoms with Gasteiger partial charge in [0.05, 0.1) is 24.8 Å². The lowest BCUT2D eigenvalue weighted by atomic mass is 10.0. The Morgan fingerprint density at radius 2 is 2.05 bits per heavy atom. The minimum atomic E-state index is 0.106. The molecule has 1 aliphatic heterocycles. The van der Waals surface area contributed by atoms with Gasteiger partial charge in [0.1, 0.15) is 0 Å². The summed E-state index contributed by atoms with van der Waals surface area (Å²) in [6, 6.07) is 10.5. The number of piperidine rings is 1. The first-order valence-corrected chi connectivity index (χ1v) is 7.62. The van der Waals surface area contributed by atoms with Gasteiger partial charge in [0, 0.05) is 29.9 Å². The van der Waals surface area contributed by atoms with Gasteiger partial charge in [-0.15, -0.1) is 0 Å². The van der Waals surface area contributed by atoms with E-state index < -0.39 is 0 Å². The van der Waals surface area contributed by atoms with Gasteiger partial charge >= 0.3 is 0 Å². The van der Waals surface area contributed by atoms with Gasteiger partial charge in [0.25, 0.3) is 0 Å². The number of nitrogens with zero attached hydrogens (tertiary/aromatic N) is 2. The Morgan fingerprint density at radius 3 is 2.81 bits per heavy atom. The Balaban J connectivity index is 1.79. The molecule has 4 nitrogen and oxygen atoms in total. The van der Waals surface area contributed by atoms with Crippen LogP contribution in [0.5, 0.6) is 0 Å². The lowest BCUT2D eigenvalue weighted by molar-refractivity contribution is 0.0159. The van der Waals surface area contributed by atoms with Crippen molar-refractivity contribution in [2.75, 3.05) is 31.2 Å². The molecule has 0 unspecified atom stereocenters. The highest BCUT2D eigenvalue weighted by molar-refractivity contribution is 5.92. The number of aryl methyl sites for hydroxylation is 1. The van der Waals surface area contributed by atoms with Crippen LogP contribution in [0.2, 0.25) is 0 Å². The Bertz CT molecular complexity index is 607. The predicted octanol–water partition coefficient (Wildman–Crippen LogP) is 2.52. The third kappa shape index (κ3) is 3.17. The molecular formula is C17H22N2O2. The van der Waals surface area contributed by atoms with Crippen molar-refractivity contribution in [2.45, 2.75) is 25.9 Å². The van der Waals surface area contributed by atoms with E-state index in [1.54, 1.807) is 0 Å². The largest absolute Gasteiger partial charge is 0.394 e. The fraction of sp³-hybridized carbons (Fsp3) is 0.471. The fourth-order valence-electron chi connectivity index (χ4n) is 3.03. The van der Waals surface area contributed by atoms with Crippen LogP contribution >= 0.6 is 0 Å². The number of aliphatic hydroxyl groups is 1. The van der Waals surface area contributed by atoms with E-state index in [9.17, 15) is 0 Å². The van der Waals surface area contributed by atoms with E-state index in [0.29, 0.717) is 6.61 Å². The summed E-state index contributed by atoms with van der Waals surface area (Å²) in [5.41, 5.74) is 3.40. The minimum Gasteiger partial charge on any atom is -0.394 e. The molecule has 0 radical (unpaired) electrons. The van der Waals surface area contributed by atoms with Gasteiger partial charge in [-0.1, -0.05) is 18.2 Å². The standard InChI is InChI=1S/C17H22N2O2/c1-13-12-17(15-4-2-3-5-16(15)18-13)19-8-6-14(7-9-19)21-11-10-20/h2-5,12,14,20H,6-11H2,1H3. The summed E-state index contributed by atoms with van der Waals surface area (Å²) in [4.78, 5) is 7.03. The number of anilines is 1. The van der Waals surface area contributed by atoms with Gasteiger partial charge in [0.2, 0.25) is 0 Å². The molecule has 0 atom stereocenters. The molecule has 1 aromatic heterocycles. The number of aliphatic hydroxyl groups excluding tert-OH is 1. The van der Waals surface area contributed by atoms with Crippen molar-refractivity contribution in [2.24, 2.45) is 0 Å². The second-order valence-corrected chi connectivity index (χ2v) is 5.58. The van der Waals surface area contributed by atoms with Crippen molar-refractivity contribution < 1.29 is 9.84 Å². The second kappa shape index (κ2) is 6.41. The Kier molecular flexibility index (Phi) is 4.36. The molecule has 0 amide bonds. The first kappa shape index (κ1) is 14.3. The Labute approximate surface area is 125 Å². The lowest BCUT2D eigenvalue weighted by Gasteiger charge is -2.34. The smallest absolute Gasteiger partial charge is 0.0726 e. The Morgan fingerprint density at radius 1 is 1.29 bits per heavy atom. The van der Waals surface area contributed by atoms with Crippen LogP contribution in [0.15, 0.2) is 30.3 Å². The number of hydrogen-bond acceptors (Lipinski definition) is 4. The van der Waals surface area contributed by atoms with Gasteiger partial charge in [-0.2, -0.15) is 0 Å². The normalized spacial score (nSPS) is 16.6. The van der Waals surface area contributed by atoms with Crippen molar-refractivity contribution in [3.63, 3.8) is 0 Å². The number of rotatable bonds is 4. The van der Waals surface area contributed by atoms with E-state index in [1.165, 1.54) is 11.1 Å². The number of ether oxygens (including phenoxy) is 1. The Hall–Kier alpha value is -1.65. The van der Waals surface area contributed by atoms with E-state index in [0.717, 1.165) is 37.1 Å². The molecule has 1 fully saturated rings. The third-order valence-electron chi connectivity index (χ3n) is 4.05. The van der Waals surface area contributed by atoms with E-state index in [4.69, 9.17) is 9.84 Å². The zero-order valence-corrected chi connectivity index (χ0v) is 12.5. The summed E-state index contributed by atoms with van der Waals surface area (Å²) in [6.45, 7) is 4.58. The van der Waals surface area contributed by atoms with Crippen LogP contribution in [-0.4, -0.2) is 42.5 Å². The average molecular weight is 286 g/mol. The monoisotopic (exact) mass is 286 g/mol. The molecule has 0 saturated carbocycles. The number of aromatic nitrogens is 1. The second-order valence-electron chi connectivity index (χ2n) is 5.58. The summed E-state index contributed by atoms with van der Waals surface area (Å²) in [6.07, 6.45) is 2.30. The number of benzene rings is 1. The first-order chi connectivity index (χ1) is 10.3. The van der Waals surface area contributed by atoms with Crippen LogP contribution in [0.3, 0.4) is 0 Å². The number of para-hydroxylation sites is 1. The SMILES string of the molecule is Cc1cc(N2CCC(OCCO)CC2)c2ccccc2n1. The third-order valence-corrected chi connectivity index (χ3v) is 4.05. The highest BCUT2D eigenvalue weighted by atomic mass is 16.5. The lowest BCUT2D eigenvalue weighted by Crippen LogP contribution is -2.37. The van der Waals surface area contributed by atoms with Crippen LogP contribution < -0.4 is 4.90 Å². The van der Waals surface area contributed by atoms with Gasteiger partial charge in [-0.25, -0.2) is 0 Å². The molecule has 1 N–H and O–H groups in total. The van der Waals surface area contributed by atoms with Crippen molar-refractivity contribution >= 4 is 16.6 Å². The van der Waals surface area contributed by atoms with Crippen LogP contribution in [0, 0.1) is 6.92 Å². The number of fused-ring (bicyclic) bond motifs is 1. The van der Waals surface area contributed by atoms with Gasteiger partial charge in [-0.05, 0) is 31.9 Å². The van der Waals surface area contributed by atoms with Gasteiger partial charge in [-0.3, -0.25) is 4.98 Å². The maximum atomic E-state index is 8.83. The molecule has 1 aromatic carbocycles. The molecule has 3 rings (SSSR count). The molecule has 2 heterocycles. The summed E-state index contributed by atoms with van der Waals surface area (Å²) < 4.78 is 5.64. The number of hydrogen-bond donors (Lipinski definition) is 1. The van der Waals surface area contributed by atoms with Crippen molar-refractivity contribution in [1.82, 2.24) is 4.98 Å². The molecule has 112 valence electrons. The van der Waals surface area contributed by atoms with Crippen LogP contribution in [0.4, 0.5) is 5.69 Å². The summed E-state index contributed by atoms with van der Waals surface area (Å²) in [7, 11) is 0. The molecular weight excluding hydrogens is 264 g/mol. The highest BCUT2D eigenvalue weighted by Gasteiger charge is 2.21. The molecule has 21 heavy (non-hydrogen) atoms. The number of pyridine rings is 1. The summed E-state index contributed by atoms with van der Waals surface area (Å²) >= 11 is 0. The fourth-order valence-corrected chi connectivity index (χ4v) is 3.03. The quantitative estimate of drug-likeness (QED) is 0.938. The molecule has 2 aromatic rings. The topological polar surface area (TPSA) is 45.6 Å². The molecule has 1 saturated heterocycles. The van der Waals surface area contributed by atoms with Crippen molar-refractivity contribution in [3.05, 3.63) is 36.0 Å². The molecule has 1 aliphatic rings. The van der Waals surface area contributed by atoms with Crippen LogP contribution in [0.1, 0.15) is 18.5 Å². The minimum absolute atomic E-state index is 0.106. The summed E-state index contributed by atoms with van der Waals surface area (Å²) in [5, 5.41) is 10.1. The predicted molar refractivity (Wildman–Crippen MR) is 84.8 cm³/mol. The summed E-state index contributed by atoms with van der Waals surface area (Å²) in [5.74, 6) is 0. The molecule has 0 aliphatic carbocycles. The average Bonchev–Trinajstić information content (AvgIpc) is 2.52. The van der Waals surface area contributed by atoms with Crippen LogP contribution in [0.25, 0.3) is 10.9 Å².